The van der Waals surface area contributed by atoms with E-state index in [1.54, 1.807) is 18.2 Å². The highest BCUT2D eigenvalue weighted by molar-refractivity contribution is 7.62. The Morgan fingerprint density at radius 3 is 2.77 bits per heavy atom. The summed E-state index contributed by atoms with van der Waals surface area (Å²) in [6.45, 7) is -0.212. The monoisotopic (exact) mass is 494 g/mol. The van der Waals surface area contributed by atoms with Gasteiger partial charge in [-0.15, -0.1) is 19.7 Å². The Hall–Kier alpha value is -4.27. The predicted octanol–water partition coefficient (Wildman–Crippen LogP) is 0.836. The molecule has 14 heteroatoms. The zero-order valence-corrected chi connectivity index (χ0v) is 19.1. The van der Waals surface area contributed by atoms with Crippen LogP contribution in [-0.2, 0) is 25.1 Å². The molecule has 178 valence electrons. The third-order valence-electron chi connectivity index (χ3n) is 5.00. The Balaban J connectivity index is 1.44. The van der Waals surface area contributed by atoms with Crippen LogP contribution in [0, 0.1) is 0 Å². The Labute approximate surface area is 200 Å². The Kier molecular flexibility index (Phi) is 6.13. The highest BCUT2D eigenvalue weighted by Gasteiger charge is 2.19. The van der Waals surface area contributed by atoms with Crippen molar-refractivity contribution in [2.75, 3.05) is 7.05 Å². The summed E-state index contributed by atoms with van der Waals surface area (Å²) in [7, 11) is 1.46. The van der Waals surface area contributed by atoms with Crippen molar-refractivity contribution in [3.8, 4) is 17.4 Å². The number of hydrogen-bond acceptors (Lipinski definition) is 10. The largest absolute Gasteiger partial charge is 0.470 e. The SMILES string of the molecule is CN(NC(=O)c1ccc(COc2nn3c(-c4cc(CO)on4)nnc3c3ccccc23)nc1)[SH]=O. The minimum Gasteiger partial charge on any atom is -0.470 e. The summed E-state index contributed by atoms with van der Waals surface area (Å²) in [4.78, 5) is 16.4. The van der Waals surface area contributed by atoms with Gasteiger partial charge < -0.3 is 14.4 Å². The highest BCUT2D eigenvalue weighted by atomic mass is 32.2. The Bertz CT molecular complexity index is 1530. The number of thiol groups is 1. The van der Waals surface area contributed by atoms with Gasteiger partial charge in [-0.25, -0.2) is 4.21 Å². The van der Waals surface area contributed by atoms with E-state index in [0.29, 0.717) is 34.3 Å². The number of hydrogen-bond donors (Lipinski definition) is 3. The molecule has 0 spiro atoms. The van der Waals surface area contributed by atoms with E-state index in [0.717, 1.165) is 15.2 Å². The normalized spacial score (nSPS) is 11.4. The maximum Gasteiger partial charge on any atom is 0.267 e. The molecule has 2 N–H and O–H groups in total. The molecule has 13 nitrogen and oxygen atoms in total. The van der Waals surface area contributed by atoms with Gasteiger partial charge in [-0.2, -0.15) is 4.52 Å². The fraction of sp³-hybridized carbons (Fsp3) is 0.143. The topological polar surface area (TPSA) is 161 Å². The molecule has 0 aliphatic rings. The molecule has 5 aromatic rings. The van der Waals surface area contributed by atoms with Crippen LogP contribution in [0.1, 0.15) is 21.8 Å². The average Bonchev–Trinajstić information content (AvgIpc) is 3.54. The summed E-state index contributed by atoms with van der Waals surface area (Å²) in [6.07, 6.45) is 1.40. The number of hydrazine groups is 1. The minimum absolute atomic E-state index is 0.0829. The lowest BCUT2D eigenvalue weighted by Gasteiger charge is -2.11. The molecule has 0 radical (unpaired) electrons. The second-order valence-corrected chi connectivity index (χ2v) is 8.08. The molecule has 4 aromatic heterocycles. The van der Waals surface area contributed by atoms with Gasteiger partial charge in [0.1, 0.15) is 13.2 Å². The van der Waals surface area contributed by atoms with Gasteiger partial charge in [0.05, 0.1) is 23.1 Å². The number of nitrogens with zero attached hydrogens (tertiary/aromatic N) is 7. The van der Waals surface area contributed by atoms with Gasteiger partial charge in [0.25, 0.3) is 5.91 Å². The minimum atomic E-state index is -0.439. The van der Waals surface area contributed by atoms with Crippen molar-refractivity contribution in [1.82, 2.24) is 39.8 Å². The smallest absolute Gasteiger partial charge is 0.267 e. The second-order valence-electron chi connectivity index (χ2n) is 7.32. The molecular weight excluding hydrogens is 476 g/mol. The highest BCUT2D eigenvalue weighted by Crippen LogP contribution is 2.29. The molecule has 0 saturated carbocycles. The van der Waals surface area contributed by atoms with Crippen molar-refractivity contribution in [2.24, 2.45) is 0 Å². The first-order valence-electron chi connectivity index (χ1n) is 10.2. The number of aromatic nitrogens is 6. The molecule has 0 unspecified atom stereocenters. The Morgan fingerprint density at radius 1 is 1.23 bits per heavy atom. The average molecular weight is 494 g/mol. The lowest BCUT2D eigenvalue weighted by Crippen LogP contribution is -2.36. The van der Waals surface area contributed by atoms with E-state index in [2.05, 4.69) is 30.9 Å². The number of pyridine rings is 1. The number of carbonyl (C=O) groups excluding carboxylic acids is 1. The van der Waals surface area contributed by atoms with Crippen LogP contribution < -0.4 is 10.2 Å². The van der Waals surface area contributed by atoms with Crippen LogP contribution in [-0.4, -0.2) is 56.6 Å². The maximum atomic E-state index is 12.1. The van der Waals surface area contributed by atoms with Gasteiger partial charge in [0, 0.05) is 30.1 Å². The van der Waals surface area contributed by atoms with Crippen molar-refractivity contribution in [3.63, 3.8) is 0 Å². The summed E-state index contributed by atoms with van der Waals surface area (Å²) in [6, 6.07) is 12.3. The number of benzene rings is 1. The number of fused-ring (bicyclic) bond motifs is 3. The summed E-state index contributed by atoms with van der Waals surface area (Å²) < 4.78 is 24.4. The molecule has 1 aromatic carbocycles. The molecule has 0 saturated heterocycles. The van der Waals surface area contributed by atoms with Crippen molar-refractivity contribution in [3.05, 3.63) is 65.7 Å². The number of ether oxygens (including phenoxy) is 1. The molecule has 35 heavy (non-hydrogen) atoms. The molecule has 0 aliphatic heterocycles. The van der Waals surface area contributed by atoms with Crippen LogP contribution in [0.3, 0.4) is 0 Å². The molecule has 1 amide bonds. The van der Waals surface area contributed by atoms with Crippen molar-refractivity contribution < 1.29 is 23.4 Å². The van der Waals surface area contributed by atoms with E-state index in [-0.39, 0.29) is 30.8 Å². The van der Waals surface area contributed by atoms with Crippen LogP contribution in [0.15, 0.2) is 53.2 Å². The lowest BCUT2D eigenvalue weighted by atomic mass is 10.2. The van der Waals surface area contributed by atoms with E-state index in [1.165, 1.54) is 17.8 Å². The number of amides is 1. The fourth-order valence-corrected chi connectivity index (χ4v) is 3.46. The molecule has 0 atom stereocenters. The van der Waals surface area contributed by atoms with Crippen molar-refractivity contribution >= 4 is 34.2 Å². The van der Waals surface area contributed by atoms with E-state index in [4.69, 9.17) is 9.26 Å². The van der Waals surface area contributed by atoms with Crippen molar-refractivity contribution in [2.45, 2.75) is 13.2 Å². The number of nitrogens with one attached hydrogen (secondary N) is 1. The van der Waals surface area contributed by atoms with E-state index in [1.807, 2.05) is 24.3 Å². The van der Waals surface area contributed by atoms with Crippen LogP contribution in [0.4, 0.5) is 0 Å². The van der Waals surface area contributed by atoms with Gasteiger partial charge in [-0.05, 0) is 18.2 Å². The molecule has 0 aliphatic carbocycles. The molecule has 5 rings (SSSR count). The zero-order chi connectivity index (χ0) is 24.4. The van der Waals surface area contributed by atoms with Crippen LogP contribution >= 0.6 is 0 Å². The van der Waals surface area contributed by atoms with Crippen LogP contribution in [0.2, 0.25) is 0 Å². The van der Waals surface area contributed by atoms with E-state index in [9.17, 15) is 14.1 Å². The first-order chi connectivity index (χ1) is 17.1. The van der Waals surface area contributed by atoms with Crippen LogP contribution in [0.25, 0.3) is 27.9 Å². The second kappa shape index (κ2) is 9.54. The standard InChI is InChI=1S/C21H18N8O5S/c1-28(35-32)25-20(31)12-6-7-13(22-9-12)11-33-21-16-5-3-2-4-15(16)18-23-24-19(29(18)26-21)17-8-14(10-30)34-27-17/h2-9,30,35H,10-11H2,1H3,(H,25,31). The third-order valence-corrected chi connectivity index (χ3v) is 5.35. The van der Waals surface area contributed by atoms with E-state index < -0.39 is 5.91 Å². The van der Waals surface area contributed by atoms with Gasteiger partial charge in [0.2, 0.25) is 11.7 Å². The molecule has 0 bridgehead atoms. The number of rotatable bonds is 8. The first kappa shape index (κ1) is 22.5. The summed E-state index contributed by atoms with van der Waals surface area (Å²) in [5, 5.41) is 27.7. The molecule has 4 heterocycles. The van der Waals surface area contributed by atoms with Crippen LogP contribution in [0.5, 0.6) is 5.88 Å². The summed E-state index contributed by atoms with van der Waals surface area (Å²) >= 11 is -0.333. The quantitative estimate of drug-likeness (QED) is 0.208. The van der Waals surface area contributed by atoms with E-state index >= 15 is 0 Å². The van der Waals surface area contributed by atoms with Gasteiger partial charge in [-0.1, -0.05) is 23.4 Å². The third kappa shape index (κ3) is 4.44. The Morgan fingerprint density at radius 2 is 2.06 bits per heavy atom. The predicted molar refractivity (Wildman–Crippen MR) is 123 cm³/mol. The maximum absolute atomic E-state index is 12.1. The van der Waals surface area contributed by atoms with Crippen molar-refractivity contribution in [1.29, 1.82) is 0 Å². The fourth-order valence-electron chi connectivity index (χ4n) is 3.33. The number of aliphatic hydroxyl groups excluding tert-OH is 1. The number of carbonyl (C=O) groups is 1. The lowest BCUT2D eigenvalue weighted by molar-refractivity contribution is 0.0898. The summed E-state index contributed by atoms with van der Waals surface area (Å²) in [5.74, 6) is 0.498. The number of aliphatic hydroxyl groups is 1. The molecule has 0 fully saturated rings. The summed E-state index contributed by atoms with van der Waals surface area (Å²) in [5.41, 5.74) is 4.17. The molecular formula is C21H18N8O5S. The van der Waals surface area contributed by atoms with Gasteiger partial charge >= 0.3 is 0 Å². The first-order valence-corrected chi connectivity index (χ1v) is 11.0. The van der Waals surface area contributed by atoms with Gasteiger partial charge in [0.15, 0.2) is 17.1 Å². The van der Waals surface area contributed by atoms with Gasteiger partial charge in [-0.3, -0.25) is 15.2 Å². The zero-order valence-electron chi connectivity index (χ0n) is 18.2.